The van der Waals surface area contributed by atoms with Crippen LogP contribution in [0.15, 0.2) is 84.9 Å². The van der Waals surface area contributed by atoms with E-state index in [0.717, 1.165) is 5.56 Å². The number of benzene rings is 3. The molecule has 0 radical (unpaired) electrons. The quantitative estimate of drug-likeness (QED) is 0.413. The van der Waals surface area contributed by atoms with Crippen LogP contribution in [0.5, 0.6) is 5.75 Å². The zero-order valence-electron chi connectivity index (χ0n) is 20.4. The van der Waals surface area contributed by atoms with Crippen LogP contribution in [0.4, 0.5) is 0 Å². The topological polar surface area (TPSA) is 21.3 Å². The fraction of sp³-hybridized carbons (Fsp3) is 0.200. The summed E-state index contributed by atoms with van der Waals surface area (Å²) in [6.07, 6.45) is -2.58. The Morgan fingerprint density at radius 3 is 2.04 bits per heavy atom. The molecule has 3 aromatic rings. The highest BCUT2D eigenvalue weighted by Gasteiger charge is 2.12. The summed E-state index contributed by atoms with van der Waals surface area (Å²) in [5.41, 5.74) is 2.65. The summed E-state index contributed by atoms with van der Waals surface area (Å²) in [6, 6.07) is 25.5. The van der Waals surface area contributed by atoms with E-state index in [2.05, 4.69) is 5.32 Å². The molecule has 0 spiro atoms. The minimum Gasteiger partial charge on any atom is -0.492 e. The molecular weight excluding hydrogens is 330 g/mol. The Morgan fingerprint density at radius 1 is 0.852 bits per heavy atom. The van der Waals surface area contributed by atoms with Gasteiger partial charge in [0.05, 0.1) is 0 Å². The summed E-state index contributed by atoms with van der Waals surface area (Å²) in [5.74, 6) is 0.691. The maximum atomic E-state index is 8.67. The van der Waals surface area contributed by atoms with Crippen molar-refractivity contribution in [1.29, 1.82) is 0 Å². The van der Waals surface area contributed by atoms with Crippen LogP contribution in [-0.4, -0.2) is 20.2 Å². The Morgan fingerprint density at radius 2 is 1.44 bits per heavy atom. The molecule has 2 heteroatoms. The molecular formula is C25H27NO. The summed E-state index contributed by atoms with van der Waals surface area (Å²) < 4.78 is 46.9. The zero-order valence-corrected chi connectivity index (χ0v) is 15.4. The van der Waals surface area contributed by atoms with Crippen molar-refractivity contribution < 1.29 is 11.6 Å². The molecule has 0 heterocycles. The van der Waals surface area contributed by atoms with E-state index in [4.69, 9.17) is 11.6 Å². The summed E-state index contributed by atoms with van der Waals surface area (Å²) >= 11 is 0. The van der Waals surface area contributed by atoms with Gasteiger partial charge in [0.25, 0.3) is 0 Å². The normalized spacial score (nSPS) is 15.5. The summed E-state index contributed by atoms with van der Waals surface area (Å²) in [4.78, 5) is 0. The lowest BCUT2D eigenvalue weighted by Gasteiger charge is -2.17. The summed E-state index contributed by atoms with van der Waals surface area (Å²) in [6.45, 7) is -1.61. The van der Waals surface area contributed by atoms with Crippen molar-refractivity contribution in [2.75, 3.05) is 20.2 Å². The highest BCUT2D eigenvalue weighted by atomic mass is 16.5. The molecule has 138 valence electrons. The molecule has 0 aliphatic carbocycles. The number of ether oxygens (including phenoxy) is 1. The third kappa shape index (κ3) is 4.87. The average molecular weight is 363 g/mol. The van der Waals surface area contributed by atoms with Crippen molar-refractivity contribution in [3.8, 4) is 5.75 Å². The lowest BCUT2D eigenvalue weighted by atomic mass is 9.88. The number of hydrogen-bond donors (Lipinski definition) is 1. The molecule has 0 atom stereocenters. The van der Waals surface area contributed by atoms with E-state index in [9.17, 15) is 0 Å². The number of rotatable bonds is 8. The maximum absolute atomic E-state index is 8.67. The average Bonchev–Trinajstić information content (AvgIpc) is 2.78. The predicted octanol–water partition coefficient (Wildman–Crippen LogP) is 5.65. The number of hydrogen-bond acceptors (Lipinski definition) is 2. The molecule has 1 N–H and O–H groups in total. The molecule has 0 saturated heterocycles. The fourth-order valence-electron chi connectivity index (χ4n) is 2.93. The van der Waals surface area contributed by atoms with Gasteiger partial charge in [-0.25, -0.2) is 0 Å². The smallest absolute Gasteiger partial charge is 0.119 e. The van der Waals surface area contributed by atoms with E-state index in [-0.39, 0.29) is 5.57 Å². The van der Waals surface area contributed by atoms with E-state index in [1.54, 1.807) is 24.3 Å². The summed E-state index contributed by atoms with van der Waals surface area (Å²) in [5, 5.41) is 3.03. The third-order valence-corrected chi connectivity index (χ3v) is 4.26. The van der Waals surface area contributed by atoms with Crippen LogP contribution in [-0.2, 0) is 0 Å². The second-order valence-corrected chi connectivity index (χ2v) is 6.08. The molecule has 0 aromatic heterocycles. The van der Waals surface area contributed by atoms with E-state index < -0.39 is 13.2 Å². The Kier molecular flexibility index (Phi) is 4.82. The van der Waals surface area contributed by atoms with Gasteiger partial charge in [-0.15, -0.1) is 0 Å². The monoisotopic (exact) mass is 362 g/mol. The van der Waals surface area contributed by atoms with Crippen LogP contribution < -0.4 is 10.1 Å². The molecule has 3 rings (SSSR count). The second kappa shape index (κ2) is 9.75. The first kappa shape index (κ1) is 13.3. The van der Waals surface area contributed by atoms with E-state index in [1.165, 1.54) is 0 Å². The van der Waals surface area contributed by atoms with Gasteiger partial charge in [0.15, 0.2) is 0 Å². The first-order chi connectivity index (χ1) is 15.3. The van der Waals surface area contributed by atoms with Gasteiger partial charge in [-0.3, -0.25) is 0 Å². The SMILES string of the molecule is [2H]C([2H])([2H])C([2H])([2H])C(=C(c1ccccc1)c1ccc(OCCNC)cc1)c1ccccc1. The predicted molar refractivity (Wildman–Crippen MR) is 115 cm³/mol. The van der Waals surface area contributed by atoms with Gasteiger partial charge < -0.3 is 10.1 Å². The molecule has 0 unspecified atom stereocenters. The Balaban J connectivity index is 2.26. The first-order valence-electron chi connectivity index (χ1n) is 11.5. The highest BCUT2D eigenvalue weighted by molar-refractivity contribution is 5.98. The van der Waals surface area contributed by atoms with Gasteiger partial charge in [-0.05, 0) is 53.4 Å². The molecule has 0 aliphatic heterocycles. The number of nitrogens with one attached hydrogen (secondary N) is 1. The van der Waals surface area contributed by atoms with Crippen LogP contribution in [0.3, 0.4) is 0 Å². The van der Waals surface area contributed by atoms with Crippen LogP contribution in [0, 0.1) is 0 Å². The molecule has 0 bridgehead atoms. The van der Waals surface area contributed by atoms with E-state index in [0.29, 0.717) is 35.6 Å². The van der Waals surface area contributed by atoms with Crippen molar-refractivity contribution >= 4 is 11.1 Å². The lowest BCUT2D eigenvalue weighted by molar-refractivity contribution is 0.318. The molecule has 0 amide bonds. The molecule has 2 nitrogen and oxygen atoms in total. The number of likely N-dealkylation sites (N-methyl/N-ethyl adjacent to an activating group) is 1. The van der Waals surface area contributed by atoms with Gasteiger partial charge in [-0.1, -0.05) is 79.6 Å². The van der Waals surface area contributed by atoms with Gasteiger partial charge in [0.1, 0.15) is 12.4 Å². The van der Waals surface area contributed by atoms with Crippen molar-refractivity contribution in [3.05, 3.63) is 102 Å². The van der Waals surface area contributed by atoms with Gasteiger partial charge in [0, 0.05) is 13.4 Å². The maximum Gasteiger partial charge on any atom is 0.119 e. The second-order valence-electron chi connectivity index (χ2n) is 6.08. The Labute approximate surface area is 169 Å². The van der Waals surface area contributed by atoms with Crippen molar-refractivity contribution in [2.45, 2.75) is 13.2 Å². The van der Waals surface area contributed by atoms with Crippen LogP contribution in [0.25, 0.3) is 11.1 Å². The zero-order chi connectivity index (χ0) is 23.2. The molecule has 0 aliphatic rings. The van der Waals surface area contributed by atoms with Gasteiger partial charge >= 0.3 is 0 Å². The molecule has 3 aromatic carbocycles. The van der Waals surface area contributed by atoms with Crippen molar-refractivity contribution in [2.24, 2.45) is 0 Å². The third-order valence-electron chi connectivity index (χ3n) is 4.26. The minimum atomic E-state index is -2.85. The highest BCUT2D eigenvalue weighted by Crippen LogP contribution is 2.34. The van der Waals surface area contributed by atoms with Gasteiger partial charge in [0.2, 0.25) is 0 Å². The van der Waals surface area contributed by atoms with Crippen LogP contribution in [0.1, 0.15) is 36.8 Å². The molecule has 27 heavy (non-hydrogen) atoms. The van der Waals surface area contributed by atoms with Crippen LogP contribution in [0.2, 0.25) is 0 Å². The van der Waals surface area contributed by atoms with E-state index in [1.807, 2.05) is 67.7 Å². The largest absolute Gasteiger partial charge is 0.492 e. The Bertz CT molecular complexity index is 1030. The van der Waals surface area contributed by atoms with E-state index >= 15 is 0 Å². The standard InChI is InChI=1S/C25H27NO/c1-3-24(20-10-6-4-7-11-20)25(21-12-8-5-9-13-21)22-14-16-23(17-15-22)27-19-18-26-2/h4-17,26H,3,18-19H2,1-2H3/i1D3,3D2. The molecule has 0 fully saturated rings. The van der Waals surface area contributed by atoms with Crippen LogP contribution >= 0.6 is 0 Å². The Hall–Kier alpha value is -2.84. The minimum absolute atomic E-state index is 0.133. The number of allylic oxidation sites excluding steroid dienone is 1. The van der Waals surface area contributed by atoms with Crippen molar-refractivity contribution in [1.82, 2.24) is 5.32 Å². The fourth-order valence-corrected chi connectivity index (χ4v) is 2.93. The molecule has 0 saturated carbocycles. The van der Waals surface area contributed by atoms with Gasteiger partial charge in [-0.2, -0.15) is 0 Å². The lowest BCUT2D eigenvalue weighted by Crippen LogP contribution is -2.15. The van der Waals surface area contributed by atoms with Crippen molar-refractivity contribution in [3.63, 3.8) is 0 Å². The summed E-state index contributed by atoms with van der Waals surface area (Å²) in [7, 11) is 1.85. The first-order valence-corrected chi connectivity index (χ1v) is 8.99.